The van der Waals surface area contributed by atoms with Crippen LogP contribution < -0.4 is 0 Å². The van der Waals surface area contributed by atoms with E-state index in [4.69, 9.17) is 0 Å². The molecule has 0 fully saturated rings. The van der Waals surface area contributed by atoms with Crippen molar-refractivity contribution in [1.29, 1.82) is 0 Å². The van der Waals surface area contributed by atoms with Gasteiger partial charge < -0.3 is 9.47 Å². The lowest BCUT2D eigenvalue weighted by molar-refractivity contribution is -0.385. The summed E-state index contributed by atoms with van der Waals surface area (Å²) in [6.07, 6.45) is 2.00. The average molecular weight is 440 g/mol. The van der Waals surface area contributed by atoms with Crippen molar-refractivity contribution >= 4 is 11.6 Å². The van der Waals surface area contributed by atoms with Crippen LogP contribution in [0.1, 0.15) is 32.7 Å². The van der Waals surface area contributed by atoms with E-state index >= 15 is 0 Å². The maximum absolute atomic E-state index is 13.5. The molecule has 4 aromatic rings. The lowest BCUT2D eigenvalue weighted by Gasteiger charge is -2.24. The quantitative estimate of drug-likeness (QED) is 0.265. The number of amides is 1. The first-order chi connectivity index (χ1) is 16.0. The molecule has 0 saturated carbocycles. The number of nitrogens with zero attached hydrogens (tertiary/aromatic N) is 3. The second kappa shape index (κ2) is 9.96. The van der Waals surface area contributed by atoms with Gasteiger partial charge in [0, 0.05) is 42.2 Å². The summed E-state index contributed by atoms with van der Waals surface area (Å²) in [5.74, 6) is -0.241. The molecule has 4 rings (SSSR count). The fraction of sp³-hybridized carbons (Fsp3) is 0.148. The Labute approximate surface area is 192 Å². The van der Waals surface area contributed by atoms with Gasteiger partial charge in [0.1, 0.15) is 0 Å². The highest BCUT2D eigenvalue weighted by molar-refractivity contribution is 5.95. The summed E-state index contributed by atoms with van der Waals surface area (Å²) in [4.78, 5) is 26.2. The number of nitro benzene ring substituents is 1. The Bertz CT molecular complexity index is 1250. The highest BCUT2D eigenvalue weighted by atomic mass is 16.6. The summed E-state index contributed by atoms with van der Waals surface area (Å²) in [6.45, 7) is 3.16. The van der Waals surface area contributed by atoms with Crippen LogP contribution >= 0.6 is 0 Å². The third-order valence-electron chi connectivity index (χ3n) is 5.63. The predicted octanol–water partition coefficient (Wildman–Crippen LogP) is 5.60. The van der Waals surface area contributed by atoms with E-state index in [1.54, 1.807) is 24.0 Å². The van der Waals surface area contributed by atoms with Crippen LogP contribution in [0.25, 0.3) is 0 Å². The van der Waals surface area contributed by atoms with E-state index in [2.05, 4.69) is 16.7 Å². The van der Waals surface area contributed by atoms with Crippen molar-refractivity contribution in [3.05, 3.63) is 135 Å². The van der Waals surface area contributed by atoms with Gasteiger partial charge in [-0.2, -0.15) is 0 Å². The first kappa shape index (κ1) is 22.0. The van der Waals surface area contributed by atoms with Gasteiger partial charge in [-0.1, -0.05) is 66.7 Å². The van der Waals surface area contributed by atoms with Crippen LogP contribution in [0.4, 0.5) is 5.69 Å². The Hall–Kier alpha value is -4.19. The molecule has 0 unspecified atom stereocenters. The maximum atomic E-state index is 13.5. The summed E-state index contributed by atoms with van der Waals surface area (Å²) in [7, 11) is 0. The Kier molecular flexibility index (Phi) is 6.64. The lowest BCUT2D eigenvalue weighted by atomic mass is 10.1. The Balaban J connectivity index is 1.64. The molecule has 3 aromatic carbocycles. The van der Waals surface area contributed by atoms with E-state index < -0.39 is 4.92 Å². The third kappa shape index (κ3) is 5.36. The molecule has 6 heteroatoms. The fourth-order valence-corrected chi connectivity index (χ4v) is 3.85. The molecule has 0 saturated heterocycles. The zero-order chi connectivity index (χ0) is 23.2. The summed E-state index contributed by atoms with van der Waals surface area (Å²) >= 11 is 0. The van der Waals surface area contributed by atoms with Crippen molar-refractivity contribution in [2.24, 2.45) is 0 Å². The maximum Gasteiger partial charge on any atom is 0.273 e. The van der Waals surface area contributed by atoms with Gasteiger partial charge in [-0.25, -0.2) is 0 Å². The van der Waals surface area contributed by atoms with E-state index in [0.717, 1.165) is 11.3 Å². The number of hydrogen-bond acceptors (Lipinski definition) is 3. The molecular formula is C27H25N3O3. The van der Waals surface area contributed by atoms with Crippen LogP contribution in [0, 0.1) is 17.0 Å². The van der Waals surface area contributed by atoms with Crippen molar-refractivity contribution in [3.63, 3.8) is 0 Å². The van der Waals surface area contributed by atoms with Gasteiger partial charge in [-0.05, 0) is 36.2 Å². The van der Waals surface area contributed by atoms with Gasteiger partial charge >= 0.3 is 0 Å². The van der Waals surface area contributed by atoms with Gasteiger partial charge in [0.2, 0.25) is 0 Å². The molecular weight excluding hydrogens is 414 g/mol. The summed E-state index contributed by atoms with van der Waals surface area (Å²) in [5, 5.41) is 11.4. The van der Waals surface area contributed by atoms with Crippen molar-refractivity contribution < 1.29 is 9.72 Å². The number of aryl methyl sites for hydroxylation is 1. The highest BCUT2D eigenvalue weighted by Gasteiger charge is 2.21. The first-order valence-corrected chi connectivity index (χ1v) is 10.8. The number of nitro groups is 1. The normalized spacial score (nSPS) is 10.7. The SMILES string of the molecule is Cc1ccc(C(=O)N(Cc2ccccc2)Cc2cccn2Cc2ccccc2)cc1[N+](=O)[O-]. The smallest absolute Gasteiger partial charge is 0.273 e. The zero-order valence-corrected chi connectivity index (χ0v) is 18.4. The molecule has 0 aliphatic heterocycles. The molecule has 6 nitrogen and oxygen atoms in total. The van der Waals surface area contributed by atoms with Gasteiger partial charge in [-0.15, -0.1) is 0 Å². The molecule has 0 atom stereocenters. The molecule has 1 aromatic heterocycles. The molecule has 0 radical (unpaired) electrons. The second-order valence-corrected chi connectivity index (χ2v) is 8.02. The molecule has 0 N–H and O–H groups in total. The largest absolute Gasteiger partial charge is 0.345 e. The molecule has 0 bridgehead atoms. The average Bonchev–Trinajstić information content (AvgIpc) is 3.26. The zero-order valence-electron chi connectivity index (χ0n) is 18.4. The minimum Gasteiger partial charge on any atom is -0.345 e. The Morgan fingerprint density at radius 3 is 2.21 bits per heavy atom. The van der Waals surface area contributed by atoms with Gasteiger partial charge in [0.25, 0.3) is 11.6 Å². The van der Waals surface area contributed by atoms with E-state index in [-0.39, 0.29) is 11.6 Å². The van der Waals surface area contributed by atoms with Crippen molar-refractivity contribution in [2.75, 3.05) is 0 Å². The Morgan fingerprint density at radius 1 is 0.879 bits per heavy atom. The minimum absolute atomic E-state index is 0.0482. The lowest BCUT2D eigenvalue weighted by Crippen LogP contribution is -2.31. The topological polar surface area (TPSA) is 68.4 Å². The number of carbonyl (C=O) groups is 1. The van der Waals surface area contributed by atoms with Crippen LogP contribution in [-0.4, -0.2) is 20.3 Å². The van der Waals surface area contributed by atoms with Crippen molar-refractivity contribution in [3.8, 4) is 0 Å². The predicted molar refractivity (Wildman–Crippen MR) is 128 cm³/mol. The van der Waals surface area contributed by atoms with Gasteiger partial charge in [-0.3, -0.25) is 14.9 Å². The number of rotatable bonds is 8. The standard InChI is InChI=1S/C27H25N3O3/c1-21-14-15-24(17-26(21)30(32)33)27(31)29(19-23-11-6-3-7-12-23)20-25-13-8-16-28(25)18-22-9-4-2-5-10-22/h2-17H,18-20H2,1H3. The van der Waals surface area contributed by atoms with Crippen LogP contribution in [0.2, 0.25) is 0 Å². The molecule has 33 heavy (non-hydrogen) atoms. The monoisotopic (exact) mass is 439 g/mol. The Morgan fingerprint density at radius 2 is 1.55 bits per heavy atom. The number of hydrogen-bond donors (Lipinski definition) is 0. The van der Waals surface area contributed by atoms with Gasteiger partial charge in [0.05, 0.1) is 11.5 Å². The highest BCUT2D eigenvalue weighted by Crippen LogP contribution is 2.22. The van der Waals surface area contributed by atoms with Crippen LogP contribution in [0.5, 0.6) is 0 Å². The fourth-order valence-electron chi connectivity index (χ4n) is 3.85. The molecule has 1 heterocycles. The van der Waals surface area contributed by atoms with Crippen LogP contribution in [0.3, 0.4) is 0 Å². The molecule has 0 spiro atoms. The van der Waals surface area contributed by atoms with E-state index in [0.29, 0.717) is 30.8 Å². The third-order valence-corrected chi connectivity index (χ3v) is 5.63. The molecule has 0 aliphatic rings. The van der Waals surface area contributed by atoms with E-state index in [1.807, 2.05) is 66.9 Å². The summed E-state index contributed by atoms with van der Waals surface area (Å²) in [6, 6.07) is 28.5. The van der Waals surface area contributed by atoms with Gasteiger partial charge in [0.15, 0.2) is 0 Å². The second-order valence-electron chi connectivity index (χ2n) is 8.02. The first-order valence-electron chi connectivity index (χ1n) is 10.8. The molecule has 1 amide bonds. The summed E-state index contributed by atoms with van der Waals surface area (Å²) < 4.78 is 2.12. The minimum atomic E-state index is -0.446. The number of benzene rings is 3. The van der Waals surface area contributed by atoms with Crippen molar-refractivity contribution in [1.82, 2.24) is 9.47 Å². The van der Waals surface area contributed by atoms with E-state index in [9.17, 15) is 14.9 Å². The summed E-state index contributed by atoms with van der Waals surface area (Å²) in [5.41, 5.74) is 3.95. The van der Waals surface area contributed by atoms with Crippen LogP contribution in [0.15, 0.2) is 97.2 Å². The number of carbonyl (C=O) groups excluding carboxylic acids is 1. The van der Waals surface area contributed by atoms with Crippen molar-refractivity contribution in [2.45, 2.75) is 26.6 Å². The van der Waals surface area contributed by atoms with E-state index in [1.165, 1.54) is 11.6 Å². The molecule has 0 aliphatic carbocycles. The molecule has 166 valence electrons. The number of aromatic nitrogens is 1. The van der Waals surface area contributed by atoms with Crippen LogP contribution in [-0.2, 0) is 19.6 Å².